The molecule has 1 aromatic rings. The minimum absolute atomic E-state index is 0.0977. The van der Waals surface area contributed by atoms with Gasteiger partial charge in [-0.05, 0) is 31.5 Å². The molecule has 1 aliphatic heterocycles. The van der Waals surface area contributed by atoms with Crippen LogP contribution < -0.4 is 10.2 Å². The van der Waals surface area contributed by atoms with E-state index in [1.54, 1.807) is 4.90 Å². The molecule has 0 unspecified atom stereocenters. The van der Waals surface area contributed by atoms with E-state index in [0.29, 0.717) is 32.7 Å². The van der Waals surface area contributed by atoms with Crippen LogP contribution in [-0.2, 0) is 9.47 Å². The SMILES string of the molecule is CCO[C@@H]1C[C@@](O)(CN[C@H](C)c2ccc(N3CCOC3=O)cc2)C1(C)C. The lowest BCUT2D eigenvalue weighted by atomic mass is 9.56. The maximum absolute atomic E-state index is 11.6. The van der Waals surface area contributed by atoms with E-state index in [-0.39, 0.29) is 23.7 Å². The van der Waals surface area contributed by atoms with E-state index in [1.165, 1.54) is 0 Å². The normalized spacial score (nSPS) is 28.6. The number of aliphatic hydroxyl groups is 1. The predicted octanol–water partition coefficient (Wildman–Crippen LogP) is 2.86. The fourth-order valence-corrected chi connectivity index (χ4v) is 3.77. The van der Waals surface area contributed by atoms with E-state index >= 15 is 0 Å². The number of hydrogen-bond acceptors (Lipinski definition) is 5. The van der Waals surface area contributed by atoms with Crippen molar-refractivity contribution in [2.45, 2.75) is 51.9 Å². The summed E-state index contributed by atoms with van der Waals surface area (Å²) in [6, 6.07) is 8.00. The highest BCUT2D eigenvalue weighted by atomic mass is 16.6. The first kappa shape index (κ1) is 19.1. The molecule has 2 aliphatic rings. The minimum atomic E-state index is -0.764. The maximum atomic E-state index is 11.6. The first-order chi connectivity index (χ1) is 12.3. The van der Waals surface area contributed by atoms with Crippen LogP contribution in [0.5, 0.6) is 0 Å². The van der Waals surface area contributed by atoms with Gasteiger partial charge in [0.1, 0.15) is 6.61 Å². The lowest BCUT2D eigenvalue weighted by molar-refractivity contribution is -0.238. The highest BCUT2D eigenvalue weighted by Crippen LogP contribution is 2.51. The van der Waals surface area contributed by atoms with E-state index in [9.17, 15) is 9.90 Å². The van der Waals surface area contributed by atoms with E-state index in [2.05, 4.69) is 26.1 Å². The monoisotopic (exact) mass is 362 g/mol. The van der Waals surface area contributed by atoms with Crippen molar-refractivity contribution in [3.63, 3.8) is 0 Å². The third-order valence-corrected chi connectivity index (χ3v) is 6.06. The second kappa shape index (κ2) is 7.18. The Bertz CT molecular complexity index is 646. The fraction of sp³-hybridized carbons (Fsp3) is 0.650. The van der Waals surface area contributed by atoms with E-state index < -0.39 is 5.60 Å². The smallest absolute Gasteiger partial charge is 0.414 e. The van der Waals surface area contributed by atoms with Gasteiger partial charge in [-0.15, -0.1) is 0 Å². The molecule has 3 rings (SSSR count). The molecular formula is C20H30N2O4. The van der Waals surface area contributed by atoms with E-state index in [4.69, 9.17) is 9.47 Å². The topological polar surface area (TPSA) is 71.0 Å². The largest absolute Gasteiger partial charge is 0.447 e. The number of ether oxygens (including phenoxy) is 2. The Morgan fingerprint density at radius 3 is 2.62 bits per heavy atom. The zero-order valence-corrected chi connectivity index (χ0v) is 16.1. The molecule has 26 heavy (non-hydrogen) atoms. The van der Waals surface area contributed by atoms with Gasteiger partial charge in [0, 0.05) is 36.7 Å². The fourth-order valence-electron chi connectivity index (χ4n) is 3.77. The second-order valence-electron chi connectivity index (χ2n) is 7.86. The molecule has 144 valence electrons. The number of benzene rings is 1. The Morgan fingerprint density at radius 2 is 2.08 bits per heavy atom. The number of nitrogens with one attached hydrogen (secondary N) is 1. The Morgan fingerprint density at radius 1 is 1.38 bits per heavy atom. The molecule has 1 saturated carbocycles. The second-order valence-corrected chi connectivity index (χ2v) is 7.86. The van der Waals surface area contributed by atoms with Crippen molar-refractivity contribution >= 4 is 11.8 Å². The van der Waals surface area contributed by atoms with Crippen LogP contribution >= 0.6 is 0 Å². The first-order valence-electron chi connectivity index (χ1n) is 9.40. The number of rotatable bonds is 7. The van der Waals surface area contributed by atoms with Crippen molar-refractivity contribution in [1.82, 2.24) is 5.32 Å². The average Bonchev–Trinajstić information content (AvgIpc) is 3.05. The molecule has 6 heteroatoms. The van der Waals surface area contributed by atoms with Crippen molar-refractivity contribution in [3.05, 3.63) is 29.8 Å². The van der Waals surface area contributed by atoms with Gasteiger partial charge in [-0.2, -0.15) is 0 Å². The van der Waals surface area contributed by atoms with Crippen LogP contribution in [0, 0.1) is 5.41 Å². The van der Waals surface area contributed by atoms with E-state index in [0.717, 1.165) is 11.3 Å². The molecule has 2 N–H and O–H groups in total. The first-order valence-corrected chi connectivity index (χ1v) is 9.40. The standard InChI is InChI=1S/C20H30N2O4/c1-5-25-17-12-20(24,19(17,3)4)13-21-14(2)15-6-8-16(9-7-15)22-10-11-26-18(22)23/h6-9,14,17,21,24H,5,10-13H2,1-4H3/t14-,17-,20-/m1/s1. The van der Waals surface area contributed by atoms with Crippen molar-refractivity contribution in [2.24, 2.45) is 5.41 Å². The van der Waals surface area contributed by atoms with Crippen LogP contribution in [-0.4, -0.2) is 49.2 Å². The Hall–Kier alpha value is -1.63. The van der Waals surface area contributed by atoms with Gasteiger partial charge in [0.25, 0.3) is 0 Å². The number of carbonyl (C=O) groups excluding carboxylic acids is 1. The van der Waals surface area contributed by atoms with Crippen molar-refractivity contribution in [1.29, 1.82) is 0 Å². The van der Waals surface area contributed by atoms with Gasteiger partial charge in [-0.3, -0.25) is 4.90 Å². The highest BCUT2D eigenvalue weighted by molar-refractivity contribution is 5.89. The zero-order chi connectivity index (χ0) is 18.9. The minimum Gasteiger partial charge on any atom is -0.447 e. The molecule has 0 spiro atoms. The molecule has 6 nitrogen and oxygen atoms in total. The maximum Gasteiger partial charge on any atom is 0.414 e. The highest BCUT2D eigenvalue weighted by Gasteiger charge is 2.59. The summed E-state index contributed by atoms with van der Waals surface area (Å²) < 4.78 is 10.7. The Balaban J connectivity index is 1.57. The molecule has 3 atom stereocenters. The summed E-state index contributed by atoms with van der Waals surface area (Å²) in [5, 5.41) is 14.4. The number of cyclic esters (lactones) is 1. The van der Waals surface area contributed by atoms with Gasteiger partial charge in [0.2, 0.25) is 0 Å². The van der Waals surface area contributed by atoms with Crippen LogP contribution in [0.15, 0.2) is 24.3 Å². The molecule has 1 heterocycles. The number of hydrogen-bond donors (Lipinski definition) is 2. The van der Waals surface area contributed by atoms with Crippen LogP contribution in [0.4, 0.5) is 10.5 Å². The molecule has 1 amide bonds. The third-order valence-electron chi connectivity index (χ3n) is 6.06. The quantitative estimate of drug-likeness (QED) is 0.780. The number of carbonyl (C=O) groups is 1. The predicted molar refractivity (Wildman–Crippen MR) is 100 cm³/mol. The van der Waals surface area contributed by atoms with Crippen molar-refractivity contribution in [3.8, 4) is 0 Å². The molecule has 0 aromatic heterocycles. The van der Waals surface area contributed by atoms with Gasteiger partial charge in [0.05, 0.1) is 18.2 Å². The van der Waals surface area contributed by atoms with Gasteiger partial charge in [-0.1, -0.05) is 26.0 Å². The van der Waals surface area contributed by atoms with Crippen molar-refractivity contribution in [2.75, 3.05) is 31.2 Å². The van der Waals surface area contributed by atoms with Crippen LogP contribution in [0.1, 0.15) is 45.7 Å². The van der Waals surface area contributed by atoms with Gasteiger partial charge >= 0.3 is 6.09 Å². The van der Waals surface area contributed by atoms with Gasteiger partial charge in [-0.25, -0.2) is 4.79 Å². The van der Waals surface area contributed by atoms with Gasteiger partial charge in [0.15, 0.2) is 0 Å². The molecular weight excluding hydrogens is 332 g/mol. The van der Waals surface area contributed by atoms with Crippen molar-refractivity contribution < 1.29 is 19.4 Å². The van der Waals surface area contributed by atoms with Crippen LogP contribution in [0.3, 0.4) is 0 Å². The summed E-state index contributed by atoms with van der Waals surface area (Å²) in [4.78, 5) is 13.3. The summed E-state index contributed by atoms with van der Waals surface area (Å²) in [5.41, 5.74) is 0.931. The zero-order valence-electron chi connectivity index (χ0n) is 16.1. The Kier molecular flexibility index (Phi) is 5.28. The number of nitrogens with zero attached hydrogens (tertiary/aromatic N) is 1. The third kappa shape index (κ3) is 3.33. The lowest BCUT2D eigenvalue weighted by Crippen LogP contribution is -2.68. The van der Waals surface area contributed by atoms with Crippen LogP contribution in [0.2, 0.25) is 0 Å². The lowest BCUT2D eigenvalue weighted by Gasteiger charge is -2.58. The summed E-state index contributed by atoms with van der Waals surface area (Å²) in [6.45, 7) is 10.4. The van der Waals surface area contributed by atoms with Crippen LogP contribution in [0.25, 0.3) is 0 Å². The summed E-state index contributed by atoms with van der Waals surface area (Å²) in [7, 11) is 0. The molecule has 0 radical (unpaired) electrons. The average molecular weight is 362 g/mol. The summed E-state index contributed by atoms with van der Waals surface area (Å²) in [5.74, 6) is 0. The molecule has 2 fully saturated rings. The molecule has 1 saturated heterocycles. The molecule has 1 aromatic carbocycles. The van der Waals surface area contributed by atoms with Gasteiger partial charge < -0.3 is 19.9 Å². The Labute approximate surface area is 155 Å². The van der Waals surface area contributed by atoms with E-state index in [1.807, 2.05) is 31.2 Å². The number of anilines is 1. The summed E-state index contributed by atoms with van der Waals surface area (Å²) >= 11 is 0. The molecule has 0 bridgehead atoms. The number of amides is 1. The molecule has 1 aliphatic carbocycles. The summed E-state index contributed by atoms with van der Waals surface area (Å²) in [6.07, 6.45) is 0.472.